The third-order valence-electron chi connectivity index (χ3n) is 9.34. The van der Waals surface area contributed by atoms with Crippen LogP contribution in [0.5, 0.6) is 11.5 Å². The zero-order chi connectivity index (χ0) is 25.0. The van der Waals surface area contributed by atoms with Crippen molar-refractivity contribution in [2.24, 2.45) is 16.7 Å². The fourth-order valence-electron chi connectivity index (χ4n) is 7.38. The topological polar surface area (TPSA) is 65.0 Å². The van der Waals surface area contributed by atoms with Crippen molar-refractivity contribution in [3.63, 3.8) is 0 Å². The molecule has 2 aliphatic carbocycles. The van der Waals surface area contributed by atoms with Crippen LogP contribution in [-0.4, -0.2) is 68.5 Å². The highest BCUT2D eigenvalue weighted by Crippen LogP contribution is 2.62. The maximum absolute atomic E-state index is 14.0. The number of carbonyl (C=O) groups excluding carboxylic acids is 1. The lowest BCUT2D eigenvalue weighted by molar-refractivity contribution is 0.0364. The quantitative estimate of drug-likeness (QED) is 0.638. The number of fused-ring (bicyclic) bond motifs is 3. The molecule has 2 unspecified atom stereocenters. The molecule has 1 aromatic heterocycles. The number of benzene rings is 1. The summed E-state index contributed by atoms with van der Waals surface area (Å²) in [5.74, 6) is 2.06. The molecule has 1 N–H and O–H groups in total. The fraction of sp³-hybridized carbons (Fsp3) is 0.679. The molecule has 2 aromatic rings. The van der Waals surface area contributed by atoms with E-state index in [9.17, 15) is 4.79 Å². The molecule has 0 radical (unpaired) electrons. The molecule has 1 saturated heterocycles. The van der Waals surface area contributed by atoms with E-state index >= 15 is 0 Å². The Morgan fingerprint density at radius 2 is 1.89 bits per heavy atom. The van der Waals surface area contributed by atoms with Crippen molar-refractivity contribution in [1.29, 1.82) is 0 Å². The summed E-state index contributed by atoms with van der Waals surface area (Å²) in [4.78, 5) is 16.4. The Bertz CT molecular complexity index is 1110. The maximum Gasteiger partial charge on any atom is 0.253 e. The van der Waals surface area contributed by atoms with Gasteiger partial charge in [-0.2, -0.15) is 0 Å². The van der Waals surface area contributed by atoms with Crippen LogP contribution in [0, 0.1) is 23.7 Å². The third-order valence-corrected chi connectivity index (χ3v) is 9.34. The number of aromatic nitrogens is 1. The molecular formula is C28H41N3O4. The van der Waals surface area contributed by atoms with E-state index in [4.69, 9.17) is 14.2 Å². The Hall–Kier alpha value is -2.25. The van der Waals surface area contributed by atoms with Crippen LogP contribution >= 0.6 is 0 Å². The van der Waals surface area contributed by atoms with Gasteiger partial charge in [-0.15, -0.1) is 0 Å². The van der Waals surface area contributed by atoms with Crippen LogP contribution in [0.15, 0.2) is 12.1 Å². The standard InChI is InChI=1S/C28H41N3O4/c1-18-22(25(32)29-26-27(2,3)19-9-10-28(26,4)17-19)20-7-8-21(33-5)24(34-6)23(20)31(18)12-11-30-13-15-35-16-14-30/h7-8,19,26H,9-17H2,1-6H3,(H,29,32)/t19?,26-,28?/m0/s1. The minimum absolute atomic E-state index is 0.0247. The van der Waals surface area contributed by atoms with Gasteiger partial charge in [-0.25, -0.2) is 0 Å². The van der Waals surface area contributed by atoms with E-state index in [-0.39, 0.29) is 22.8 Å². The first-order valence-corrected chi connectivity index (χ1v) is 13.1. The molecule has 7 heteroatoms. The largest absolute Gasteiger partial charge is 0.493 e. The van der Waals surface area contributed by atoms with Gasteiger partial charge in [-0.3, -0.25) is 9.69 Å². The first-order valence-electron chi connectivity index (χ1n) is 13.1. The Morgan fingerprint density at radius 1 is 1.14 bits per heavy atom. The average Bonchev–Trinajstić information content (AvgIpc) is 3.44. The minimum atomic E-state index is 0.0247. The van der Waals surface area contributed by atoms with Crippen molar-refractivity contribution in [3.8, 4) is 11.5 Å². The molecule has 192 valence electrons. The summed E-state index contributed by atoms with van der Waals surface area (Å²) in [7, 11) is 3.33. The number of hydrogen-bond donors (Lipinski definition) is 1. The fourth-order valence-corrected chi connectivity index (χ4v) is 7.38. The van der Waals surface area contributed by atoms with Crippen LogP contribution in [0.2, 0.25) is 0 Å². The zero-order valence-corrected chi connectivity index (χ0v) is 22.2. The molecule has 5 rings (SSSR count). The second-order valence-corrected chi connectivity index (χ2v) is 11.6. The highest BCUT2D eigenvalue weighted by Gasteiger charge is 2.59. The number of amides is 1. The third kappa shape index (κ3) is 3.91. The van der Waals surface area contributed by atoms with Crippen LogP contribution < -0.4 is 14.8 Å². The monoisotopic (exact) mass is 483 g/mol. The Labute approximate surface area is 209 Å². The number of rotatable bonds is 7. The van der Waals surface area contributed by atoms with Crippen molar-refractivity contribution in [1.82, 2.24) is 14.8 Å². The molecular weight excluding hydrogens is 442 g/mol. The maximum atomic E-state index is 14.0. The summed E-state index contributed by atoms with van der Waals surface area (Å²) < 4.78 is 19.2. The lowest BCUT2D eigenvalue weighted by Crippen LogP contribution is -2.52. The van der Waals surface area contributed by atoms with Crippen molar-refractivity contribution >= 4 is 16.8 Å². The van der Waals surface area contributed by atoms with Crippen LogP contribution in [-0.2, 0) is 11.3 Å². The molecule has 35 heavy (non-hydrogen) atoms. The molecule has 7 nitrogen and oxygen atoms in total. The second kappa shape index (κ2) is 9.00. The first-order chi connectivity index (χ1) is 16.7. The number of methoxy groups -OCH3 is 2. The summed E-state index contributed by atoms with van der Waals surface area (Å²) in [6.07, 6.45) is 3.67. The second-order valence-electron chi connectivity index (χ2n) is 11.6. The van der Waals surface area contributed by atoms with Crippen molar-refractivity contribution in [2.75, 3.05) is 47.1 Å². The number of nitrogens with one attached hydrogen (secondary N) is 1. The Morgan fingerprint density at radius 3 is 2.51 bits per heavy atom. The predicted octanol–water partition coefficient (Wildman–Crippen LogP) is 4.24. The molecule has 3 fully saturated rings. The lowest BCUT2D eigenvalue weighted by Gasteiger charge is -2.43. The van der Waals surface area contributed by atoms with E-state index in [1.54, 1.807) is 14.2 Å². The normalized spacial score (nSPS) is 27.9. The number of nitrogens with zero attached hydrogens (tertiary/aromatic N) is 2. The van der Waals surface area contributed by atoms with E-state index in [0.29, 0.717) is 17.4 Å². The van der Waals surface area contributed by atoms with Gasteiger partial charge in [-0.1, -0.05) is 20.8 Å². The molecule has 2 saturated carbocycles. The minimum Gasteiger partial charge on any atom is -0.493 e. The van der Waals surface area contributed by atoms with E-state index in [0.717, 1.165) is 61.6 Å². The van der Waals surface area contributed by atoms with Crippen molar-refractivity contribution in [2.45, 2.75) is 59.5 Å². The Kier molecular flexibility index (Phi) is 6.29. The summed E-state index contributed by atoms with van der Waals surface area (Å²) in [6, 6.07) is 4.09. The molecule has 2 heterocycles. The van der Waals surface area contributed by atoms with Gasteiger partial charge in [0.15, 0.2) is 11.5 Å². The van der Waals surface area contributed by atoms with Gasteiger partial charge in [-0.05, 0) is 55.1 Å². The number of morpholine rings is 1. The Balaban J connectivity index is 1.53. The molecule has 3 atom stereocenters. The van der Waals surface area contributed by atoms with Gasteiger partial charge in [0.25, 0.3) is 5.91 Å². The van der Waals surface area contributed by atoms with Gasteiger partial charge in [0.1, 0.15) is 0 Å². The summed E-state index contributed by atoms with van der Waals surface area (Å²) >= 11 is 0. The van der Waals surface area contributed by atoms with Crippen molar-refractivity contribution < 1.29 is 19.0 Å². The molecule has 2 bridgehead atoms. The summed E-state index contributed by atoms with van der Waals surface area (Å²) in [5.41, 5.74) is 2.94. The van der Waals surface area contributed by atoms with Gasteiger partial charge >= 0.3 is 0 Å². The summed E-state index contributed by atoms with van der Waals surface area (Å²) in [6.45, 7) is 14.2. The molecule has 1 aliphatic heterocycles. The highest BCUT2D eigenvalue weighted by molar-refractivity contribution is 6.10. The molecule has 1 amide bonds. The van der Waals surface area contributed by atoms with Crippen molar-refractivity contribution in [3.05, 3.63) is 23.4 Å². The zero-order valence-electron chi connectivity index (χ0n) is 22.2. The van der Waals surface area contributed by atoms with E-state index in [2.05, 4.69) is 42.5 Å². The number of ether oxygens (including phenoxy) is 3. The summed E-state index contributed by atoms with van der Waals surface area (Å²) in [5, 5.41) is 4.45. The average molecular weight is 484 g/mol. The predicted molar refractivity (Wildman–Crippen MR) is 138 cm³/mol. The van der Waals surface area contributed by atoms with Crippen LogP contribution in [0.1, 0.15) is 56.1 Å². The van der Waals surface area contributed by atoms with Crippen LogP contribution in [0.4, 0.5) is 0 Å². The van der Waals surface area contributed by atoms with E-state index in [1.165, 1.54) is 19.3 Å². The first kappa shape index (κ1) is 24.4. The van der Waals surface area contributed by atoms with E-state index < -0.39 is 0 Å². The van der Waals surface area contributed by atoms with Gasteiger partial charge in [0.2, 0.25) is 0 Å². The van der Waals surface area contributed by atoms with Crippen LogP contribution in [0.25, 0.3) is 10.9 Å². The molecule has 3 aliphatic rings. The lowest BCUT2D eigenvalue weighted by atomic mass is 9.68. The number of carbonyl (C=O) groups is 1. The smallest absolute Gasteiger partial charge is 0.253 e. The molecule has 1 aromatic carbocycles. The number of hydrogen-bond acceptors (Lipinski definition) is 5. The van der Waals surface area contributed by atoms with Gasteiger partial charge in [0.05, 0.1) is 38.5 Å². The SMILES string of the molecule is COc1ccc2c(C(=O)N[C@@H]3C4(C)CCC(C4)C3(C)C)c(C)n(CCN3CCOCC3)c2c1OC. The van der Waals surface area contributed by atoms with Gasteiger partial charge in [0, 0.05) is 43.3 Å². The van der Waals surface area contributed by atoms with Gasteiger partial charge < -0.3 is 24.1 Å². The van der Waals surface area contributed by atoms with E-state index in [1.807, 2.05) is 12.1 Å². The highest BCUT2D eigenvalue weighted by atomic mass is 16.5. The molecule has 0 spiro atoms. The van der Waals surface area contributed by atoms with Crippen LogP contribution in [0.3, 0.4) is 0 Å².